The number of hydrogen-bond donors (Lipinski definition) is 2. The van der Waals surface area contributed by atoms with Crippen molar-refractivity contribution in [3.05, 3.63) is 23.7 Å². The Morgan fingerprint density at radius 3 is 2.74 bits per heavy atom. The van der Waals surface area contributed by atoms with Gasteiger partial charge in [0.15, 0.2) is 0 Å². The largest absolute Gasteiger partial charge is 0.463 e. The zero-order valence-electron chi connectivity index (χ0n) is 12.3. The highest BCUT2D eigenvalue weighted by molar-refractivity contribution is 5.76. The smallest absolute Gasteiger partial charge is 0.220 e. The molecule has 0 spiro atoms. The number of furan rings is 1. The van der Waals surface area contributed by atoms with Gasteiger partial charge in [0.2, 0.25) is 5.91 Å². The van der Waals surface area contributed by atoms with Crippen molar-refractivity contribution in [2.75, 3.05) is 6.54 Å². The summed E-state index contributed by atoms with van der Waals surface area (Å²) < 4.78 is 5.40. The third-order valence-corrected chi connectivity index (χ3v) is 3.22. The van der Waals surface area contributed by atoms with Crippen LogP contribution in [0.4, 0.5) is 0 Å². The van der Waals surface area contributed by atoms with Crippen molar-refractivity contribution in [1.29, 1.82) is 0 Å². The lowest BCUT2D eigenvalue weighted by Crippen LogP contribution is -2.38. The van der Waals surface area contributed by atoms with E-state index >= 15 is 0 Å². The summed E-state index contributed by atoms with van der Waals surface area (Å²) in [6.45, 7) is 7.80. The van der Waals surface area contributed by atoms with E-state index in [4.69, 9.17) is 4.42 Å². The number of amides is 1. The molecule has 2 atom stereocenters. The lowest BCUT2D eigenvalue weighted by atomic mass is 10.0. The normalized spacial score (nSPS) is 15.8. The number of rotatable bonds is 7. The summed E-state index contributed by atoms with van der Waals surface area (Å²) in [5.41, 5.74) is -1.17. The summed E-state index contributed by atoms with van der Waals surface area (Å²) in [5.74, 6) is 1.58. The quantitative estimate of drug-likeness (QED) is 0.798. The van der Waals surface area contributed by atoms with Gasteiger partial charge in [-0.15, -0.1) is 0 Å². The first-order valence-corrected chi connectivity index (χ1v) is 6.91. The zero-order valence-corrected chi connectivity index (χ0v) is 12.3. The Morgan fingerprint density at radius 2 is 2.21 bits per heavy atom. The molecule has 19 heavy (non-hydrogen) atoms. The van der Waals surface area contributed by atoms with E-state index in [1.165, 1.54) is 0 Å². The van der Waals surface area contributed by atoms with Crippen LogP contribution >= 0.6 is 0 Å². The molecule has 0 saturated carbocycles. The Morgan fingerprint density at radius 1 is 1.53 bits per heavy atom. The average molecular weight is 267 g/mol. The van der Waals surface area contributed by atoms with Gasteiger partial charge in [-0.3, -0.25) is 4.79 Å². The number of carbonyl (C=O) groups is 1. The Balaban J connectivity index is 2.45. The molecule has 0 aliphatic heterocycles. The van der Waals surface area contributed by atoms with Crippen LogP contribution in [0.15, 0.2) is 16.5 Å². The fourth-order valence-corrected chi connectivity index (χ4v) is 2.07. The predicted octanol–water partition coefficient (Wildman–Crippen LogP) is 2.74. The van der Waals surface area contributed by atoms with Crippen LogP contribution < -0.4 is 5.32 Å². The molecule has 0 aliphatic carbocycles. The van der Waals surface area contributed by atoms with Crippen molar-refractivity contribution in [3.63, 3.8) is 0 Å². The first-order valence-electron chi connectivity index (χ1n) is 6.91. The van der Waals surface area contributed by atoms with Crippen molar-refractivity contribution in [1.82, 2.24) is 5.32 Å². The molecule has 1 amide bonds. The summed E-state index contributed by atoms with van der Waals surface area (Å²) in [7, 11) is 0. The second-order valence-corrected chi connectivity index (χ2v) is 5.56. The van der Waals surface area contributed by atoms with Gasteiger partial charge >= 0.3 is 0 Å². The average Bonchev–Trinajstić information content (AvgIpc) is 2.74. The predicted molar refractivity (Wildman–Crippen MR) is 74.7 cm³/mol. The Bertz CT molecular complexity index is 409. The van der Waals surface area contributed by atoms with Crippen molar-refractivity contribution in [2.24, 2.45) is 5.92 Å². The van der Waals surface area contributed by atoms with E-state index < -0.39 is 5.60 Å². The number of nitrogens with one attached hydrogen (secondary N) is 1. The number of aryl methyl sites for hydroxylation is 1. The van der Waals surface area contributed by atoms with E-state index in [1.807, 2.05) is 6.92 Å². The van der Waals surface area contributed by atoms with Crippen LogP contribution in [-0.2, 0) is 10.4 Å². The maximum atomic E-state index is 11.8. The van der Waals surface area contributed by atoms with Crippen LogP contribution in [0, 0.1) is 12.8 Å². The highest BCUT2D eigenvalue weighted by atomic mass is 16.4. The van der Waals surface area contributed by atoms with Crippen molar-refractivity contribution in [3.8, 4) is 0 Å². The first-order chi connectivity index (χ1) is 8.85. The summed E-state index contributed by atoms with van der Waals surface area (Å²) >= 11 is 0. The van der Waals surface area contributed by atoms with Crippen molar-refractivity contribution >= 4 is 5.91 Å². The van der Waals surface area contributed by atoms with Crippen LogP contribution in [0.25, 0.3) is 0 Å². The number of aliphatic hydroxyl groups is 1. The van der Waals surface area contributed by atoms with E-state index in [9.17, 15) is 9.90 Å². The van der Waals surface area contributed by atoms with Crippen molar-refractivity contribution in [2.45, 2.75) is 52.6 Å². The molecule has 1 heterocycles. The second-order valence-electron chi connectivity index (χ2n) is 5.56. The van der Waals surface area contributed by atoms with Gasteiger partial charge in [0.05, 0.1) is 6.54 Å². The lowest BCUT2D eigenvalue weighted by Gasteiger charge is -2.21. The Kier molecular flexibility index (Phi) is 5.60. The fourth-order valence-electron chi connectivity index (χ4n) is 2.07. The van der Waals surface area contributed by atoms with Crippen LogP contribution in [0.2, 0.25) is 0 Å². The lowest BCUT2D eigenvalue weighted by molar-refractivity contribution is -0.123. The van der Waals surface area contributed by atoms with Crippen LogP contribution in [0.1, 0.15) is 51.6 Å². The molecular weight excluding hydrogens is 242 g/mol. The third kappa shape index (κ3) is 5.07. The molecule has 1 rings (SSSR count). The van der Waals surface area contributed by atoms with Gasteiger partial charge in [-0.25, -0.2) is 0 Å². The molecule has 4 heteroatoms. The second kappa shape index (κ2) is 6.75. The fraction of sp³-hybridized carbons (Fsp3) is 0.667. The monoisotopic (exact) mass is 267 g/mol. The van der Waals surface area contributed by atoms with Gasteiger partial charge in [-0.05, 0) is 31.9 Å². The first kappa shape index (κ1) is 15.8. The Labute approximate surface area is 115 Å². The van der Waals surface area contributed by atoms with Gasteiger partial charge in [0.1, 0.15) is 17.1 Å². The van der Waals surface area contributed by atoms with Gasteiger partial charge in [-0.1, -0.05) is 26.7 Å². The minimum absolute atomic E-state index is 0.0236. The van der Waals surface area contributed by atoms with Gasteiger partial charge in [-0.2, -0.15) is 0 Å². The standard InChI is InChI=1S/C15H25NO3/c1-5-6-11(2)9-14(17)16-10-15(4,18)13-8-7-12(3)19-13/h7-8,11,18H,5-6,9-10H2,1-4H3,(H,16,17). The molecule has 2 unspecified atom stereocenters. The van der Waals surface area contributed by atoms with E-state index in [2.05, 4.69) is 19.2 Å². The van der Waals surface area contributed by atoms with Crippen LogP contribution in [0.3, 0.4) is 0 Å². The van der Waals surface area contributed by atoms with Gasteiger partial charge in [0, 0.05) is 6.42 Å². The molecule has 108 valence electrons. The summed E-state index contributed by atoms with van der Waals surface area (Å²) in [5, 5.41) is 13.0. The molecule has 4 nitrogen and oxygen atoms in total. The molecule has 1 aromatic rings. The molecule has 1 aromatic heterocycles. The summed E-state index contributed by atoms with van der Waals surface area (Å²) in [4.78, 5) is 11.8. The van der Waals surface area contributed by atoms with E-state index in [0.717, 1.165) is 18.6 Å². The molecule has 0 aliphatic rings. The highest BCUT2D eigenvalue weighted by Gasteiger charge is 2.27. The number of hydrogen-bond acceptors (Lipinski definition) is 3. The van der Waals surface area contributed by atoms with Crippen LogP contribution in [-0.4, -0.2) is 17.6 Å². The van der Waals surface area contributed by atoms with E-state index in [-0.39, 0.29) is 12.5 Å². The molecule has 0 fully saturated rings. The van der Waals surface area contributed by atoms with Crippen LogP contribution in [0.5, 0.6) is 0 Å². The van der Waals surface area contributed by atoms with E-state index in [1.54, 1.807) is 19.1 Å². The number of carbonyl (C=O) groups excluding carboxylic acids is 1. The molecule has 0 aromatic carbocycles. The van der Waals surface area contributed by atoms with Gasteiger partial charge in [0.25, 0.3) is 0 Å². The zero-order chi connectivity index (χ0) is 14.5. The molecule has 0 radical (unpaired) electrons. The van der Waals surface area contributed by atoms with E-state index in [0.29, 0.717) is 18.1 Å². The minimum Gasteiger partial charge on any atom is -0.463 e. The molecular formula is C15H25NO3. The third-order valence-electron chi connectivity index (χ3n) is 3.22. The van der Waals surface area contributed by atoms with Gasteiger partial charge < -0.3 is 14.8 Å². The molecule has 0 saturated heterocycles. The minimum atomic E-state index is -1.17. The molecule has 0 bridgehead atoms. The summed E-state index contributed by atoms with van der Waals surface area (Å²) in [6, 6.07) is 3.54. The maximum absolute atomic E-state index is 11.8. The topological polar surface area (TPSA) is 62.5 Å². The molecule has 2 N–H and O–H groups in total. The summed E-state index contributed by atoms with van der Waals surface area (Å²) in [6.07, 6.45) is 2.63. The SMILES string of the molecule is CCCC(C)CC(=O)NCC(C)(O)c1ccc(C)o1. The Hall–Kier alpha value is -1.29. The highest BCUT2D eigenvalue weighted by Crippen LogP contribution is 2.22. The van der Waals surface area contributed by atoms with Crippen molar-refractivity contribution < 1.29 is 14.3 Å². The maximum Gasteiger partial charge on any atom is 0.220 e.